The van der Waals surface area contributed by atoms with Crippen molar-refractivity contribution in [3.8, 4) is 0 Å². The molecule has 0 aliphatic heterocycles. The van der Waals surface area contributed by atoms with Crippen molar-refractivity contribution in [3.63, 3.8) is 0 Å². The first-order chi connectivity index (χ1) is 5.95. The second-order valence-corrected chi connectivity index (χ2v) is 2.63. The molecule has 68 valence electrons. The standard InChI is InChI=1S/C10H10NO.H2O/c1-2-6-11(7-3-1)9-10-5-4-8-12-10;/h1-8H,9H2;1H2/q+1;/p-1. The Morgan fingerprint density at radius 2 is 1.85 bits per heavy atom. The first-order valence-electron chi connectivity index (χ1n) is 3.91. The summed E-state index contributed by atoms with van der Waals surface area (Å²) in [5, 5.41) is 0. The molecule has 2 rings (SSSR count). The molecule has 3 heteroatoms. The fourth-order valence-electron chi connectivity index (χ4n) is 1.12. The van der Waals surface area contributed by atoms with Crippen molar-refractivity contribution in [1.82, 2.24) is 0 Å². The van der Waals surface area contributed by atoms with Crippen LogP contribution in [0.5, 0.6) is 0 Å². The minimum absolute atomic E-state index is 0. The molecule has 0 aromatic carbocycles. The van der Waals surface area contributed by atoms with Crippen molar-refractivity contribution in [1.29, 1.82) is 0 Å². The van der Waals surface area contributed by atoms with E-state index in [1.807, 2.05) is 42.7 Å². The van der Waals surface area contributed by atoms with Gasteiger partial charge in [0.2, 0.25) is 6.54 Å². The molecule has 3 nitrogen and oxygen atoms in total. The average molecular weight is 177 g/mol. The van der Waals surface area contributed by atoms with Gasteiger partial charge in [0.05, 0.1) is 6.26 Å². The molecule has 0 atom stereocenters. The van der Waals surface area contributed by atoms with Gasteiger partial charge in [0, 0.05) is 12.1 Å². The molecule has 0 amide bonds. The fourth-order valence-corrected chi connectivity index (χ4v) is 1.12. The predicted molar refractivity (Wildman–Crippen MR) is 46.4 cm³/mol. The Balaban J connectivity index is 0.000000845. The second-order valence-electron chi connectivity index (χ2n) is 2.63. The predicted octanol–water partition coefficient (Wildman–Crippen LogP) is 1.44. The SMILES string of the molecule is [OH-].c1cc[n+](Cc2ccco2)cc1. The molecule has 0 spiro atoms. The van der Waals surface area contributed by atoms with Gasteiger partial charge in [-0.2, -0.15) is 4.57 Å². The summed E-state index contributed by atoms with van der Waals surface area (Å²) in [6.45, 7) is 0.799. The molecule has 0 unspecified atom stereocenters. The Labute approximate surface area is 76.6 Å². The number of nitrogens with zero attached hydrogens (tertiary/aromatic N) is 1. The molecule has 2 aromatic rings. The third kappa shape index (κ3) is 2.42. The van der Waals surface area contributed by atoms with Gasteiger partial charge in [-0.25, -0.2) is 0 Å². The molecule has 0 aliphatic rings. The number of hydrogen-bond donors (Lipinski definition) is 0. The van der Waals surface area contributed by atoms with Gasteiger partial charge in [0.25, 0.3) is 0 Å². The normalized spacial score (nSPS) is 9.23. The highest BCUT2D eigenvalue weighted by Crippen LogP contribution is 1.97. The van der Waals surface area contributed by atoms with Gasteiger partial charge in [-0.1, -0.05) is 6.07 Å². The van der Waals surface area contributed by atoms with E-state index in [0.29, 0.717) is 0 Å². The molecule has 0 bridgehead atoms. The lowest BCUT2D eigenvalue weighted by atomic mass is 10.4. The summed E-state index contributed by atoms with van der Waals surface area (Å²) in [5.74, 6) is 0.978. The Hall–Kier alpha value is -1.61. The largest absolute Gasteiger partial charge is 0.870 e. The van der Waals surface area contributed by atoms with Gasteiger partial charge in [0.15, 0.2) is 18.2 Å². The van der Waals surface area contributed by atoms with Crippen LogP contribution in [-0.2, 0) is 6.54 Å². The maximum Gasteiger partial charge on any atom is 0.205 e. The summed E-state index contributed by atoms with van der Waals surface area (Å²) in [7, 11) is 0. The Morgan fingerprint density at radius 1 is 1.08 bits per heavy atom. The Kier molecular flexibility index (Phi) is 3.23. The fraction of sp³-hybridized carbons (Fsp3) is 0.100. The van der Waals surface area contributed by atoms with Crippen LogP contribution >= 0.6 is 0 Å². The van der Waals surface area contributed by atoms with Crippen molar-refractivity contribution >= 4 is 0 Å². The number of aromatic nitrogens is 1. The van der Waals surface area contributed by atoms with Gasteiger partial charge in [-0.05, 0) is 12.1 Å². The molecule has 2 heterocycles. The van der Waals surface area contributed by atoms with E-state index in [2.05, 4.69) is 4.57 Å². The lowest BCUT2D eigenvalue weighted by Crippen LogP contribution is -2.32. The van der Waals surface area contributed by atoms with Crippen LogP contribution in [0.1, 0.15) is 5.76 Å². The summed E-state index contributed by atoms with van der Waals surface area (Å²) in [6, 6.07) is 9.88. The Morgan fingerprint density at radius 3 is 2.46 bits per heavy atom. The zero-order valence-electron chi connectivity index (χ0n) is 7.13. The molecular formula is C10H11NO2. The van der Waals surface area contributed by atoms with Crippen LogP contribution in [0.3, 0.4) is 0 Å². The minimum Gasteiger partial charge on any atom is -0.870 e. The molecule has 2 aromatic heterocycles. The van der Waals surface area contributed by atoms with Crippen LogP contribution in [-0.4, -0.2) is 5.48 Å². The van der Waals surface area contributed by atoms with Gasteiger partial charge >= 0.3 is 0 Å². The van der Waals surface area contributed by atoms with Crippen molar-refractivity contribution in [2.75, 3.05) is 0 Å². The van der Waals surface area contributed by atoms with Crippen LogP contribution < -0.4 is 4.57 Å². The van der Waals surface area contributed by atoms with E-state index in [1.54, 1.807) is 6.26 Å². The monoisotopic (exact) mass is 177 g/mol. The van der Waals surface area contributed by atoms with Crippen molar-refractivity contribution in [2.24, 2.45) is 0 Å². The summed E-state index contributed by atoms with van der Waals surface area (Å²) >= 11 is 0. The first-order valence-corrected chi connectivity index (χ1v) is 3.91. The maximum absolute atomic E-state index is 5.22. The quantitative estimate of drug-likeness (QED) is 0.651. The third-order valence-corrected chi connectivity index (χ3v) is 1.70. The molecule has 0 radical (unpaired) electrons. The van der Waals surface area contributed by atoms with E-state index in [-0.39, 0.29) is 5.48 Å². The molecular weight excluding hydrogens is 166 g/mol. The third-order valence-electron chi connectivity index (χ3n) is 1.70. The van der Waals surface area contributed by atoms with E-state index in [4.69, 9.17) is 4.42 Å². The zero-order chi connectivity index (χ0) is 8.23. The topological polar surface area (TPSA) is 47.0 Å². The molecule has 1 N–H and O–H groups in total. The number of furan rings is 1. The highest BCUT2D eigenvalue weighted by molar-refractivity contribution is 4.96. The summed E-state index contributed by atoms with van der Waals surface area (Å²) < 4.78 is 7.28. The van der Waals surface area contributed by atoms with Crippen LogP contribution in [0.15, 0.2) is 53.4 Å². The highest BCUT2D eigenvalue weighted by atomic mass is 16.3. The lowest BCUT2D eigenvalue weighted by molar-refractivity contribution is -0.690. The Bertz CT molecular complexity index is 329. The number of pyridine rings is 1. The van der Waals surface area contributed by atoms with E-state index in [0.717, 1.165) is 12.3 Å². The smallest absolute Gasteiger partial charge is 0.205 e. The molecule has 13 heavy (non-hydrogen) atoms. The number of rotatable bonds is 2. The molecule has 0 saturated carbocycles. The summed E-state index contributed by atoms with van der Waals surface area (Å²) in [6.07, 6.45) is 5.73. The van der Waals surface area contributed by atoms with Crippen LogP contribution in [0.4, 0.5) is 0 Å². The van der Waals surface area contributed by atoms with Gasteiger partial charge in [0.1, 0.15) is 0 Å². The summed E-state index contributed by atoms with van der Waals surface area (Å²) in [5.41, 5.74) is 0. The van der Waals surface area contributed by atoms with E-state index in [9.17, 15) is 0 Å². The maximum atomic E-state index is 5.22. The highest BCUT2D eigenvalue weighted by Gasteiger charge is 2.01. The van der Waals surface area contributed by atoms with Crippen LogP contribution in [0.25, 0.3) is 0 Å². The minimum atomic E-state index is 0. The lowest BCUT2D eigenvalue weighted by Gasteiger charge is -1.90. The molecule has 0 aliphatic carbocycles. The van der Waals surface area contributed by atoms with Gasteiger partial charge < -0.3 is 9.89 Å². The summed E-state index contributed by atoms with van der Waals surface area (Å²) in [4.78, 5) is 0. The van der Waals surface area contributed by atoms with Gasteiger partial charge in [-0.15, -0.1) is 0 Å². The van der Waals surface area contributed by atoms with Crippen molar-refractivity contribution < 1.29 is 14.5 Å². The average Bonchev–Trinajstić information content (AvgIpc) is 2.59. The van der Waals surface area contributed by atoms with Crippen LogP contribution in [0.2, 0.25) is 0 Å². The second kappa shape index (κ2) is 4.42. The van der Waals surface area contributed by atoms with Crippen LogP contribution in [0, 0.1) is 0 Å². The van der Waals surface area contributed by atoms with Crippen molar-refractivity contribution in [2.45, 2.75) is 6.54 Å². The van der Waals surface area contributed by atoms with Gasteiger partial charge in [-0.3, -0.25) is 0 Å². The molecule has 0 fully saturated rings. The van der Waals surface area contributed by atoms with E-state index >= 15 is 0 Å². The van der Waals surface area contributed by atoms with E-state index in [1.165, 1.54) is 0 Å². The zero-order valence-corrected chi connectivity index (χ0v) is 7.13. The van der Waals surface area contributed by atoms with Crippen molar-refractivity contribution in [3.05, 3.63) is 54.7 Å². The first kappa shape index (κ1) is 9.48. The molecule has 0 saturated heterocycles. The number of hydrogen-bond acceptors (Lipinski definition) is 2. The van der Waals surface area contributed by atoms with E-state index < -0.39 is 0 Å².